The minimum absolute atomic E-state index is 0.0623. The zero-order valence-corrected chi connectivity index (χ0v) is 42.3. The van der Waals surface area contributed by atoms with Crippen molar-refractivity contribution in [2.75, 3.05) is 13.2 Å². The molecule has 0 radical (unpaired) electrons. The van der Waals surface area contributed by atoms with Crippen LogP contribution in [0.25, 0.3) is 0 Å². The van der Waals surface area contributed by atoms with E-state index in [0.717, 1.165) is 63.7 Å². The summed E-state index contributed by atoms with van der Waals surface area (Å²) in [4.78, 5) is 37.9. The number of hydrogen-bond donors (Lipinski definition) is 0. The average molecular weight is 877 g/mol. The van der Waals surface area contributed by atoms with E-state index in [-0.39, 0.29) is 31.1 Å². The van der Waals surface area contributed by atoms with Gasteiger partial charge in [-0.3, -0.25) is 14.4 Å². The SMILES string of the molecule is CCCCCCCCCCCCCCCC(=O)OC[C@H](COC(=O)CCCCCCCCCCC)OC(=O)CCCCCCCCCCCCCCCCCCCCC(C)CC. The third-order valence-electron chi connectivity index (χ3n) is 13.2. The molecular formula is C56H108O6. The number of unbranched alkanes of at least 4 members (excludes halogenated alkanes) is 37. The van der Waals surface area contributed by atoms with E-state index in [1.54, 1.807) is 0 Å². The third-order valence-corrected chi connectivity index (χ3v) is 13.2. The minimum Gasteiger partial charge on any atom is -0.462 e. The van der Waals surface area contributed by atoms with E-state index in [0.29, 0.717) is 19.3 Å². The van der Waals surface area contributed by atoms with Crippen LogP contribution in [0.5, 0.6) is 0 Å². The van der Waals surface area contributed by atoms with Gasteiger partial charge in [0, 0.05) is 19.3 Å². The fraction of sp³-hybridized carbons (Fsp3) is 0.946. The molecule has 62 heavy (non-hydrogen) atoms. The number of carbonyl (C=O) groups is 3. The Morgan fingerprint density at radius 3 is 0.839 bits per heavy atom. The van der Waals surface area contributed by atoms with Crippen molar-refractivity contribution in [2.24, 2.45) is 5.92 Å². The predicted molar refractivity (Wildman–Crippen MR) is 266 cm³/mol. The molecule has 0 saturated carbocycles. The van der Waals surface area contributed by atoms with Gasteiger partial charge in [-0.15, -0.1) is 0 Å². The number of esters is 3. The van der Waals surface area contributed by atoms with Crippen molar-refractivity contribution in [3.05, 3.63) is 0 Å². The molecule has 0 aromatic carbocycles. The molecule has 0 amide bonds. The smallest absolute Gasteiger partial charge is 0.306 e. The molecule has 0 aromatic heterocycles. The number of rotatable bonds is 51. The van der Waals surface area contributed by atoms with E-state index >= 15 is 0 Å². The molecule has 0 aliphatic rings. The number of carbonyl (C=O) groups excluding carboxylic acids is 3. The highest BCUT2D eigenvalue weighted by molar-refractivity contribution is 5.71. The van der Waals surface area contributed by atoms with Gasteiger partial charge in [-0.2, -0.15) is 0 Å². The summed E-state index contributed by atoms with van der Waals surface area (Å²) < 4.78 is 16.8. The van der Waals surface area contributed by atoms with Crippen molar-refractivity contribution in [3.63, 3.8) is 0 Å². The molecule has 6 heteroatoms. The maximum Gasteiger partial charge on any atom is 0.306 e. The van der Waals surface area contributed by atoms with E-state index in [4.69, 9.17) is 14.2 Å². The summed E-state index contributed by atoms with van der Waals surface area (Å²) in [5.41, 5.74) is 0. The van der Waals surface area contributed by atoms with Crippen LogP contribution < -0.4 is 0 Å². The highest BCUT2D eigenvalue weighted by Crippen LogP contribution is 2.18. The second kappa shape index (κ2) is 50.4. The fourth-order valence-corrected chi connectivity index (χ4v) is 8.54. The van der Waals surface area contributed by atoms with Crippen LogP contribution in [-0.2, 0) is 28.6 Å². The summed E-state index contributed by atoms with van der Waals surface area (Å²) >= 11 is 0. The molecule has 0 spiro atoms. The van der Waals surface area contributed by atoms with Gasteiger partial charge in [0.05, 0.1) is 0 Å². The molecular weight excluding hydrogens is 769 g/mol. The van der Waals surface area contributed by atoms with Crippen molar-refractivity contribution in [2.45, 2.75) is 323 Å². The van der Waals surface area contributed by atoms with Crippen LogP contribution in [0.1, 0.15) is 317 Å². The Labute approximate surface area is 387 Å². The summed E-state index contributed by atoms with van der Waals surface area (Å²) in [5.74, 6) is 0.0670. The molecule has 0 fully saturated rings. The quantitative estimate of drug-likeness (QED) is 0.0344. The Hall–Kier alpha value is -1.59. The van der Waals surface area contributed by atoms with Crippen LogP contribution in [-0.4, -0.2) is 37.2 Å². The third kappa shape index (κ3) is 47.9. The highest BCUT2D eigenvalue weighted by atomic mass is 16.6. The lowest BCUT2D eigenvalue weighted by molar-refractivity contribution is -0.167. The number of hydrogen-bond acceptors (Lipinski definition) is 6. The van der Waals surface area contributed by atoms with Gasteiger partial charge in [-0.05, 0) is 25.2 Å². The van der Waals surface area contributed by atoms with Gasteiger partial charge in [0.2, 0.25) is 0 Å². The first-order chi connectivity index (χ1) is 30.4. The van der Waals surface area contributed by atoms with E-state index in [9.17, 15) is 14.4 Å². The molecule has 0 saturated heterocycles. The van der Waals surface area contributed by atoms with Crippen molar-refractivity contribution in [1.82, 2.24) is 0 Å². The largest absolute Gasteiger partial charge is 0.462 e. The Morgan fingerprint density at radius 2 is 0.565 bits per heavy atom. The van der Waals surface area contributed by atoms with Gasteiger partial charge in [-0.1, -0.05) is 278 Å². The van der Waals surface area contributed by atoms with Crippen LogP contribution in [0.15, 0.2) is 0 Å². The molecule has 368 valence electrons. The van der Waals surface area contributed by atoms with Crippen molar-refractivity contribution in [1.29, 1.82) is 0 Å². The van der Waals surface area contributed by atoms with Gasteiger partial charge in [0.25, 0.3) is 0 Å². The first-order valence-corrected chi connectivity index (χ1v) is 27.9. The van der Waals surface area contributed by atoms with Crippen molar-refractivity contribution in [3.8, 4) is 0 Å². The van der Waals surface area contributed by atoms with E-state index in [1.807, 2.05) is 0 Å². The van der Waals surface area contributed by atoms with Crippen LogP contribution in [0.3, 0.4) is 0 Å². The molecule has 6 nitrogen and oxygen atoms in total. The van der Waals surface area contributed by atoms with Gasteiger partial charge in [0.1, 0.15) is 13.2 Å². The Kier molecular flexibility index (Phi) is 49.1. The van der Waals surface area contributed by atoms with E-state index in [1.165, 1.54) is 212 Å². The average Bonchev–Trinajstić information content (AvgIpc) is 3.27. The van der Waals surface area contributed by atoms with Crippen molar-refractivity contribution >= 4 is 17.9 Å². The lowest BCUT2D eigenvalue weighted by Gasteiger charge is -2.18. The molecule has 0 aliphatic carbocycles. The molecule has 0 aromatic rings. The maximum atomic E-state index is 12.8. The second-order valence-electron chi connectivity index (χ2n) is 19.5. The standard InChI is InChI=1S/C56H108O6/c1-5-8-10-12-14-16-17-24-28-32-36-40-44-48-55(58)61-51-53(50-60-54(57)47-43-39-35-30-15-13-11-9-6-2)62-56(59)49-45-41-37-33-29-26-23-21-19-18-20-22-25-27-31-34-38-42-46-52(4)7-3/h52-53H,5-51H2,1-4H3/t52?,53-/m0/s1. The van der Waals surface area contributed by atoms with Crippen LogP contribution in [0.2, 0.25) is 0 Å². The molecule has 1 unspecified atom stereocenters. The van der Waals surface area contributed by atoms with Gasteiger partial charge in [-0.25, -0.2) is 0 Å². The number of ether oxygens (including phenoxy) is 3. The Balaban J connectivity index is 4.18. The zero-order chi connectivity index (χ0) is 45.2. The maximum absolute atomic E-state index is 12.8. The first kappa shape index (κ1) is 60.4. The lowest BCUT2D eigenvalue weighted by atomic mass is 9.99. The van der Waals surface area contributed by atoms with E-state index < -0.39 is 6.10 Å². The lowest BCUT2D eigenvalue weighted by Crippen LogP contribution is -2.30. The van der Waals surface area contributed by atoms with E-state index in [2.05, 4.69) is 27.7 Å². The predicted octanol–water partition coefficient (Wildman–Crippen LogP) is 18.2. The topological polar surface area (TPSA) is 78.9 Å². The van der Waals surface area contributed by atoms with Crippen molar-refractivity contribution < 1.29 is 28.6 Å². The molecule has 0 heterocycles. The summed E-state index contributed by atoms with van der Waals surface area (Å²) in [6.45, 7) is 9.07. The molecule has 0 rings (SSSR count). The summed E-state index contributed by atoms with van der Waals surface area (Å²) in [6, 6.07) is 0. The zero-order valence-electron chi connectivity index (χ0n) is 42.3. The molecule has 0 aliphatic heterocycles. The van der Waals surface area contributed by atoms with Gasteiger partial charge >= 0.3 is 17.9 Å². The fourth-order valence-electron chi connectivity index (χ4n) is 8.54. The summed E-state index contributed by atoms with van der Waals surface area (Å²) in [6.07, 6.45) is 53.8. The molecule has 0 bridgehead atoms. The second-order valence-corrected chi connectivity index (χ2v) is 19.5. The highest BCUT2D eigenvalue weighted by Gasteiger charge is 2.19. The summed E-state index contributed by atoms with van der Waals surface area (Å²) in [5, 5.41) is 0. The van der Waals surface area contributed by atoms with Crippen LogP contribution >= 0.6 is 0 Å². The molecule has 0 N–H and O–H groups in total. The normalized spacial score (nSPS) is 12.4. The first-order valence-electron chi connectivity index (χ1n) is 27.9. The van der Waals surface area contributed by atoms with Crippen LogP contribution in [0, 0.1) is 5.92 Å². The Morgan fingerprint density at radius 1 is 0.323 bits per heavy atom. The molecule has 2 atom stereocenters. The minimum atomic E-state index is -0.760. The van der Waals surface area contributed by atoms with Gasteiger partial charge in [0.15, 0.2) is 6.10 Å². The van der Waals surface area contributed by atoms with Crippen LogP contribution in [0.4, 0.5) is 0 Å². The summed E-state index contributed by atoms with van der Waals surface area (Å²) in [7, 11) is 0. The monoisotopic (exact) mass is 877 g/mol. The van der Waals surface area contributed by atoms with Gasteiger partial charge < -0.3 is 14.2 Å². The Bertz CT molecular complexity index is 935.